The van der Waals surface area contributed by atoms with Crippen LogP contribution >= 0.6 is 27.5 Å². The van der Waals surface area contributed by atoms with E-state index in [4.69, 9.17) is 21.1 Å². The van der Waals surface area contributed by atoms with E-state index in [2.05, 4.69) is 15.9 Å². The maximum Gasteiger partial charge on any atom is 0.318 e. The number of esters is 1. The van der Waals surface area contributed by atoms with Crippen LogP contribution in [0.15, 0.2) is 53.0 Å². The molecule has 0 spiro atoms. The maximum atomic E-state index is 13.6. The number of methoxy groups -OCH3 is 1. The average molecular weight is 537 g/mol. The van der Waals surface area contributed by atoms with Gasteiger partial charge in [0.1, 0.15) is 5.92 Å². The fraction of sp³-hybridized carbons (Fsp3) is 0.400. The normalized spacial score (nSPS) is 16.5. The Labute approximate surface area is 207 Å². The van der Waals surface area contributed by atoms with Crippen LogP contribution in [0.25, 0.3) is 0 Å². The van der Waals surface area contributed by atoms with Gasteiger partial charge < -0.3 is 14.4 Å². The van der Waals surface area contributed by atoms with E-state index in [1.165, 1.54) is 7.11 Å². The molecule has 1 fully saturated rings. The highest BCUT2D eigenvalue weighted by Crippen LogP contribution is 2.39. The summed E-state index contributed by atoms with van der Waals surface area (Å²) >= 11 is 9.44. The van der Waals surface area contributed by atoms with Gasteiger partial charge in [0.25, 0.3) is 0 Å². The lowest BCUT2D eigenvalue weighted by atomic mass is 9.72. The lowest BCUT2D eigenvalue weighted by Crippen LogP contribution is -2.49. The minimum atomic E-state index is -1.16. The second-order valence-corrected chi connectivity index (χ2v) is 9.25. The molecule has 1 heterocycles. The maximum absolute atomic E-state index is 13.6. The van der Waals surface area contributed by atoms with Crippen molar-refractivity contribution in [3.63, 3.8) is 0 Å². The number of benzene rings is 2. The number of ether oxygens (including phenoxy) is 2. The summed E-state index contributed by atoms with van der Waals surface area (Å²) < 4.78 is 11.3. The molecule has 0 bridgehead atoms. The van der Waals surface area contributed by atoms with Crippen molar-refractivity contribution in [2.75, 3.05) is 33.4 Å². The minimum Gasteiger partial charge on any atom is -0.468 e. The lowest BCUT2D eigenvalue weighted by Gasteiger charge is -2.35. The van der Waals surface area contributed by atoms with Crippen molar-refractivity contribution < 1.29 is 23.9 Å². The third kappa shape index (κ3) is 6.02. The van der Waals surface area contributed by atoms with Gasteiger partial charge in [-0.25, -0.2) is 0 Å². The summed E-state index contributed by atoms with van der Waals surface area (Å²) in [5, 5.41) is 0.527. The number of rotatable bonds is 8. The van der Waals surface area contributed by atoms with Gasteiger partial charge in [0.2, 0.25) is 5.91 Å². The molecule has 2 aromatic rings. The highest BCUT2D eigenvalue weighted by molar-refractivity contribution is 9.10. The molecule has 2 aromatic carbocycles. The number of morpholine rings is 1. The Hall–Kier alpha value is -2.22. The lowest BCUT2D eigenvalue weighted by molar-refractivity contribution is -0.157. The van der Waals surface area contributed by atoms with E-state index in [1.807, 2.05) is 31.2 Å². The summed E-state index contributed by atoms with van der Waals surface area (Å²) in [7, 11) is 1.27. The first-order valence-corrected chi connectivity index (χ1v) is 12.0. The summed E-state index contributed by atoms with van der Waals surface area (Å²) in [6, 6.07) is 14.0. The van der Waals surface area contributed by atoms with Gasteiger partial charge in [0.05, 0.1) is 20.3 Å². The van der Waals surface area contributed by atoms with Gasteiger partial charge in [-0.15, -0.1) is 0 Å². The molecule has 1 aliphatic heterocycles. The number of halogens is 2. The van der Waals surface area contributed by atoms with Crippen LogP contribution in [0, 0.1) is 11.8 Å². The fourth-order valence-electron chi connectivity index (χ4n) is 4.28. The highest BCUT2D eigenvalue weighted by atomic mass is 79.9. The second kappa shape index (κ2) is 11.8. The number of nitrogens with zero attached hydrogens (tertiary/aromatic N) is 1. The smallest absolute Gasteiger partial charge is 0.318 e. The molecule has 0 aliphatic carbocycles. The van der Waals surface area contributed by atoms with E-state index >= 15 is 0 Å². The molecule has 176 valence electrons. The zero-order valence-electron chi connectivity index (χ0n) is 18.6. The van der Waals surface area contributed by atoms with Crippen LogP contribution in [0.5, 0.6) is 0 Å². The van der Waals surface area contributed by atoms with Crippen LogP contribution in [0.1, 0.15) is 35.2 Å². The van der Waals surface area contributed by atoms with Crippen molar-refractivity contribution >= 4 is 45.2 Å². The van der Waals surface area contributed by atoms with E-state index < -0.39 is 23.7 Å². The number of hydrogen-bond donors (Lipinski definition) is 0. The van der Waals surface area contributed by atoms with E-state index in [0.717, 1.165) is 10.0 Å². The SMILES string of the molecule is CC[C@@H](C(=O)c1ccc(Cl)cc1)[C@@H](c1ccc(Br)cc1)[C@H](C(=O)OC)C(=O)N1CCOCC1. The molecule has 0 saturated carbocycles. The summed E-state index contributed by atoms with van der Waals surface area (Å²) in [6.45, 7) is 3.48. The first-order chi connectivity index (χ1) is 15.9. The zero-order valence-corrected chi connectivity index (χ0v) is 21.0. The van der Waals surface area contributed by atoms with Gasteiger partial charge in [-0.3, -0.25) is 14.4 Å². The van der Waals surface area contributed by atoms with Crippen LogP contribution in [0.4, 0.5) is 0 Å². The van der Waals surface area contributed by atoms with Gasteiger partial charge in [0.15, 0.2) is 5.78 Å². The summed E-state index contributed by atoms with van der Waals surface area (Å²) in [4.78, 5) is 42.0. The third-order valence-electron chi connectivity index (χ3n) is 6.00. The van der Waals surface area contributed by atoms with Crippen molar-refractivity contribution in [1.82, 2.24) is 4.90 Å². The van der Waals surface area contributed by atoms with Crippen molar-refractivity contribution in [3.05, 3.63) is 69.2 Å². The number of Topliss-reactive ketones (excluding diaryl/α,β-unsaturated/α-hetero) is 1. The molecular weight excluding hydrogens is 510 g/mol. The summed E-state index contributed by atoms with van der Waals surface area (Å²) in [5.74, 6) is -3.63. The third-order valence-corrected chi connectivity index (χ3v) is 6.78. The summed E-state index contributed by atoms with van der Waals surface area (Å²) in [5.41, 5.74) is 1.21. The van der Waals surface area contributed by atoms with Crippen LogP contribution in [0.2, 0.25) is 5.02 Å². The number of carbonyl (C=O) groups is 3. The molecule has 6 nitrogen and oxygen atoms in total. The molecule has 0 N–H and O–H groups in total. The van der Waals surface area contributed by atoms with E-state index in [9.17, 15) is 14.4 Å². The van der Waals surface area contributed by atoms with Crippen LogP contribution in [-0.2, 0) is 19.1 Å². The predicted octanol–water partition coefficient (Wildman–Crippen LogP) is 4.74. The molecule has 8 heteroatoms. The molecule has 0 radical (unpaired) electrons. The Morgan fingerprint density at radius 2 is 1.67 bits per heavy atom. The Bertz CT molecular complexity index is 973. The monoisotopic (exact) mass is 535 g/mol. The first kappa shape index (κ1) is 25.4. The Kier molecular flexibility index (Phi) is 9.06. The van der Waals surface area contributed by atoms with Crippen molar-refractivity contribution in [2.45, 2.75) is 19.3 Å². The molecule has 3 atom stereocenters. The fourth-order valence-corrected chi connectivity index (χ4v) is 4.67. The highest BCUT2D eigenvalue weighted by Gasteiger charge is 2.45. The van der Waals surface area contributed by atoms with Crippen molar-refractivity contribution in [1.29, 1.82) is 0 Å². The van der Waals surface area contributed by atoms with Crippen molar-refractivity contribution in [2.24, 2.45) is 11.8 Å². The van der Waals surface area contributed by atoms with E-state index in [0.29, 0.717) is 43.3 Å². The first-order valence-electron chi connectivity index (χ1n) is 10.9. The molecule has 0 unspecified atom stereocenters. The predicted molar refractivity (Wildman–Crippen MR) is 129 cm³/mol. The van der Waals surface area contributed by atoms with Gasteiger partial charge in [-0.1, -0.05) is 46.6 Å². The number of hydrogen-bond acceptors (Lipinski definition) is 5. The topological polar surface area (TPSA) is 72.9 Å². The quantitative estimate of drug-likeness (QED) is 0.277. The van der Waals surface area contributed by atoms with Crippen LogP contribution < -0.4 is 0 Å². The summed E-state index contributed by atoms with van der Waals surface area (Å²) in [6.07, 6.45) is 0.437. The standard InChI is InChI=1S/C25H27BrClNO5/c1-3-20(23(29)17-6-10-19(27)11-7-17)21(16-4-8-18(26)9-5-16)22(25(31)32-2)24(30)28-12-14-33-15-13-28/h4-11,20-22H,3,12-15H2,1-2H3/t20-,21-,22+/m1/s1. The van der Waals surface area contributed by atoms with Crippen LogP contribution in [0.3, 0.4) is 0 Å². The second-order valence-electron chi connectivity index (χ2n) is 7.90. The minimum absolute atomic E-state index is 0.147. The molecule has 33 heavy (non-hydrogen) atoms. The molecule has 1 aliphatic rings. The Morgan fingerprint density at radius 1 is 1.06 bits per heavy atom. The van der Waals surface area contributed by atoms with Crippen LogP contribution in [-0.4, -0.2) is 56.0 Å². The molecular formula is C25H27BrClNO5. The van der Waals surface area contributed by atoms with Crippen molar-refractivity contribution in [3.8, 4) is 0 Å². The Morgan fingerprint density at radius 3 is 2.21 bits per heavy atom. The van der Waals surface area contributed by atoms with Gasteiger partial charge in [-0.2, -0.15) is 0 Å². The molecule has 0 aromatic heterocycles. The largest absolute Gasteiger partial charge is 0.468 e. The number of amides is 1. The van der Waals surface area contributed by atoms with Gasteiger partial charge in [-0.05, 0) is 48.4 Å². The van der Waals surface area contributed by atoms with E-state index in [1.54, 1.807) is 29.2 Å². The van der Waals surface area contributed by atoms with Gasteiger partial charge in [0, 0.05) is 40.0 Å². The molecule has 1 amide bonds. The average Bonchev–Trinajstić information content (AvgIpc) is 2.84. The number of carbonyl (C=O) groups excluding carboxylic acids is 3. The van der Waals surface area contributed by atoms with E-state index in [-0.39, 0.29) is 11.7 Å². The molecule has 1 saturated heterocycles. The molecule has 3 rings (SSSR count). The zero-order chi connectivity index (χ0) is 24.0. The number of ketones is 1. The van der Waals surface area contributed by atoms with Gasteiger partial charge >= 0.3 is 5.97 Å². The Balaban J connectivity index is 2.09.